The first kappa shape index (κ1) is 101. The number of aryl methyl sites for hydroxylation is 4. The van der Waals surface area contributed by atoms with Crippen molar-refractivity contribution in [2.75, 3.05) is 52.4 Å². The average molecular weight is 1880 g/mol. The molecule has 5 amide bonds. The third-order valence-corrected chi connectivity index (χ3v) is 28.9. The van der Waals surface area contributed by atoms with Crippen LogP contribution in [0.3, 0.4) is 0 Å². The summed E-state index contributed by atoms with van der Waals surface area (Å²) in [5.41, 5.74) is 67.3. The molecule has 5 aromatic heterocycles. The zero-order valence-electron chi connectivity index (χ0n) is 81.3. The molecule has 22 heteroatoms. The molecule has 24 N–H and O–H groups in total. The second-order valence-corrected chi connectivity index (χ2v) is 40.3. The minimum atomic E-state index is -0.140. The molecule has 22 nitrogen and oxygen atoms in total. The zero-order valence-corrected chi connectivity index (χ0v) is 81.3. The van der Waals surface area contributed by atoms with Gasteiger partial charge in [-0.3, -0.25) is 24.0 Å². The summed E-state index contributed by atoms with van der Waals surface area (Å²) in [5.74, 6) is 4.66. The maximum Gasteiger partial charge on any atom is 0.267 e. The molecule has 0 aliphatic heterocycles. The van der Waals surface area contributed by atoms with E-state index in [0.29, 0.717) is 83.0 Å². The van der Waals surface area contributed by atoms with Gasteiger partial charge < -0.3 is 91.6 Å². The summed E-state index contributed by atoms with van der Waals surface area (Å²) in [7, 11) is 0. The van der Waals surface area contributed by atoms with E-state index in [1.54, 1.807) is 0 Å². The highest BCUT2D eigenvalue weighted by Gasteiger charge is 2.31. The summed E-state index contributed by atoms with van der Waals surface area (Å²) in [6, 6.07) is 83.9. The predicted octanol–water partition coefficient (Wildman–Crippen LogP) is 21.0. The van der Waals surface area contributed by atoms with E-state index in [2.05, 4.69) is 285 Å². The molecule has 15 aromatic rings. The number of amides is 5. The molecule has 10 aromatic carbocycles. The van der Waals surface area contributed by atoms with Crippen molar-refractivity contribution < 1.29 is 24.0 Å². The third-order valence-electron chi connectivity index (χ3n) is 28.9. The van der Waals surface area contributed by atoms with Gasteiger partial charge in [0.15, 0.2) is 0 Å². The van der Waals surface area contributed by atoms with E-state index >= 15 is 0 Å². The zero-order chi connectivity index (χ0) is 97.2. The Hall–Kier alpha value is -13.0. The van der Waals surface area contributed by atoms with Crippen LogP contribution in [0.25, 0.3) is 110 Å². The first-order valence-corrected chi connectivity index (χ1v) is 50.4. The lowest BCUT2D eigenvalue weighted by atomic mass is 10.0. The predicted molar refractivity (Wildman–Crippen MR) is 576 cm³/mol. The van der Waals surface area contributed by atoms with E-state index in [1.165, 1.54) is 95.0 Å². The summed E-state index contributed by atoms with van der Waals surface area (Å²) < 4.78 is 0. The Kier molecular flexibility index (Phi) is 34.6. The normalized spacial score (nSPS) is 17.9. The van der Waals surface area contributed by atoms with E-state index in [-0.39, 0.29) is 61.1 Å². The van der Waals surface area contributed by atoms with E-state index in [1.807, 2.05) is 43.3 Å². The SMILES string of the molecule is C.Cc1ccc(-c2ccc3cc(C(=O)NC[C@@H](N)CCC(C)N)[nH]c3c2)cc1.Cc1ccc(-c2ccc3cc(C(=O)NC[C@@H]4CC[C@@H](CN)C4)[nH]c3c2)cc1.Cc1ccc(-c2ccc3cc(C(=O)NC[C@@H]4CC[C@H](CN)C4)[nH]c3c2)cc1.Cc1ccc(-c2ccc3cc(C(=O)NC[C@H]4CC[C@H](CN)C4)[nH]c3c2)cc1.NC(CC[C@H](N)CNC(=O)c1cc2ccc(-c3ccc(C4CC4)cc3)cc2[nH]1)C1CC1. The quantitative estimate of drug-likeness (QED) is 0.0193. The van der Waals surface area contributed by atoms with Crippen molar-refractivity contribution in [3.8, 4) is 55.6 Å². The lowest BCUT2D eigenvalue weighted by molar-refractivity contribution is 0.0935. The van der Waals surface area contributed by atoms with E-state index < -0.39 is 0 Å². The van der Waals surface area contributed by atoms with Crippen molar-refractivity contribution in [3.63, 3.8) is 0 Å². The number of carbonyl (C=O) groups is 5. The molecule has 5 aliphatic carbocycles. The number of aromatic nitrogens is 5. The van der Waals surface area contributed by atoms with E-state index in [0.717, 1.165) is 197 Å². The molecule has 5 aliphatic rings. The van der Waals surface area contributed by atoms with Crippen LogP contribution in [-0.4, -0.2) is 131 Å². The average Bonchev–Trinajstić information content (AvgIpc) is 1.67. The van der Waals surface area contributed by atoms with Gasteiger partial charge in [-0.1, -0.05) is 212 Å². The lowest BCUT2D eigenvalue weighted by Gasteiger charge is -2.15. The number of aromatic amines is 5. The molecule has 0 saturated heterocycles. The van der Waals surface area contributed by atoms with Crippen molar-refractivity contribution in [1.82, 2.24) is 51.5 Å². The van der Waals surface area contributed by atoms with Gasteiger partial charge in [-0.15, -0.1) is 0 Å². The molecule has 732 valence electrons. The Morgan fingerprint density at radius 3 is 0.779 bits per heavy atom. The molecule has 0 spiro atoms. The van der Waals surface area contributed by atoms with E-state index in [4.69, 9.17) is 40.1 Å². The highest BCUT2D eigenvalue weighted by Crippen LogP contribution is 2.42. The Morgan fingerprint density at radius 2 is 0.536 bits per heavy atom. The van der Waals surface area contributed by atoms with Crippen LogP contribution < -0.4 is 66.7 Å². The topological polar surface area (TPSA) is 407 Å². The Balaban J connectivity index is 0.000000132. The highest BCUT2D eigenvalue weighted by molar-refractivity contribution is 6.03. The standard InChI is InChI=1S/C26H32N4O.3C23H27N3O.C22H28N4O.CH4/c27-22(11-12-23(28)19-7-8-19)15-29-26(31)25-14-21-10-9-20(13-24(21)30-25)18-5-3-17(4-6-18)16-1-2-16;3*1-15-2-6-18(7-3-15)19-8-9-20-12-22(26-21(20)11-19)23(27)25-14-17-5-4-16(10-17)13-24;1-14-3-6-16(7-4-14)17-8-9-18-12-21(26-20(18)11-17)22(27)25-13-19(24)10-5-15(2)23;/h3-6,9-10,13-14,16,19,22-23,30H,1-2,7-8,11-12,15,27-28H2,(H,29,31);3*2-3,6-9,11-12,16-17,26H,4-5,10,13-14,24H2,1H3,(H,25,27);3-4,6-9,11-12,15,19,26H,5,10,13,23-24H2,1-2H3,(H,25,27);1H4/t22-,23?;16-,17+;2*16-,17-;15?,19-;/m00100./s1. The van der Waals surface area contributed by atoms with Gasteiger partial charge in [-0.05, 0) is 333 Å². The van der Waals surface area contributed by atoms with Crippen LogP contribution in [0.1, 0.15) is 210 Å². The van der Waals surface area contributed by atoms with Crippen molar-refractivity contribution in [2.45, 2.75) is 181 Å². The van der Waals surface area contributed by atoms with Crippen LogP contribution in [0.2, 0.25) is 0 Å². The lowest BCUT2D eigenvalue weighted by Crippen LogP contribution is -2.38. The second kappa shape index (κ2) is 47.8. The van der Waals surface area contributed by atoms with Gasteiger partial charge in [0.2, 0.25) is 0 Å². The molecule has 0 bridgehead atoms. The minimum absolute atomic E-state index is 0. The fourth-order valence-corrected chi connectivity index (χ4v) is 19.7. The van der Waals surface area contributed by atoms with Gasteiger partial charge in [0, 0.05) is 111 Å². The van der Waals surface area contributed by atoms with Gasteiger partial charge in [0.1, 0.15) is 28.5 Å². The number of carbonyl (C=O) groups excluding carboxylic acids is 5. The molecule has 2 unspecified atom stereocenters. The number of nitrogens with two attached hydrogens (primary N) is 7. The second-order valence-electron chi connectivity index (χ2n) is 40.3. The number of H-pyrrole nitrogens is 5. The largest absolute Gasteiger partial charge is 0.351 e. The fraction of sp³-hybridized carbons (Fsp3) is 0.364. The van der Waals surface area contributed by atoms with Crippen molar-refractivity contribution in [3.05, 3.63) is 299 Å². The first-order valence-electron chi connectivity index (χ1n) is 50.4. The number of hydrogen-bond donors (Lipinski definition) is 17. The number of rotatable bonds is 31. The maximum atomic E-state index is 12.6. The van der Waals surface area contributed by atoms with Gasteiger partial charge in [0.05, 0.1) is 0 Å². The van der Waals surface area contributed by atoms with Crippen molar-refractivity contribution in [1.29, 1.82) is 0 Å². The van der Waals surface area contributed by atoms with Crippen molar-refractivity contribution in [2.24, 2.45) is 81.6 Å². The van der Waals surface area contributed by atoms with Crippen LogP contribution in [0.15, 0.2) is 243 Å². The molecule has 20 rings (SSSR count). The molecule has 140 heavy (non-hydrogen) atoms. The molecular formula is C118H145N17O5. The fourth-order valence-electron chi connectivity index (χ4n) is 19.7. The minimum Gasteiger partial charge on any atom is -0.351 e. The van der Waals surface area contributed by atoms with Crippen LogP contribution in [0, 0.1) is 69.1 Å². The Labute approximate surface area is 824 Å². The summed E-state index contributed by atoms with van der Waals surface area (Å²) in [5, 5.41) is 20.3. The molecule has 0 radical (unpaired) electrons. The van der Waals surface area contributed by atoms with Crippen LogP contribution >= 0.6 is 0 Å². The van der Waals surface area contributed by atoms with Crippen LogP contribution in [0.5, 0.6) is 0 Å². The number of fused-ring (bicyclic) bond motifs is 5. The molecular weight excluding hydrogens is 1740 g/mol. The Morgan fingerprint density at radius 1 is 0.293 bits per heavy atom. The molecule has 5 fully saturated rings. The summed E-state index contributed by atoms with van der Waals surface area (Å²) in [6.07, 6.45) is 19.0. The smallest absolute Gasteiger partial charge is 0.267 e. The summed E-state index contributed by atoms with van der Waals surface area (Å²) >= 11 is 0. The molecule has 5 heterocycles. The monoisotopic (exact) mass is 1880 g/mol. The van der Waals surface area contributed by atoms with E-state index in [9.17, 15) is 24.0 Å². The van der Waals surface area contributed by atoms with Gasteiger partial charge in [-0.25, -0.2) is 0 Å². The molecule has 10 atom stereocenters. The first-order chi connectivity index (χ1) is 67.3. The van der Waals surface area contributed by atoms with Gasteiger partial charge in [0.25, 0.3) is 29.5 Å². The summed E-state index contributed by atoms with van der Waals surface area (Å²) in [4.78, 5) is 79.0. The molecule has 5 saturated carbocycles. The number of benzene rings is 10. The Bertz CT molecular complexity index is 6280. The highest BCUT2D eigenvalue weighted by atomic mass is 16.2. The number of nitrogens with one attached hydrogen (secondary N) is 10. The van der Waals surface area contributed by atoms with Crippen LogP contribution in [-0.2, 0) is 0 Å². The van der Waals surface area contributed by atoms with Crippen molar-refractivity contribution >= 4 is 84.1 Å². The maximum absolute atomic E-state index is 12.6. The van der Waals surface area contributed by atoms with Crippen LogP contribution in [0.4, 0.5) is 0 Å². The number of hydrogen-bond acceptors (Lipinski definition) is 12. The third kappa shape index (κ3) is 27.6. The summed E-state index contributed by atoms with van der Waals surface area (Å²) in [6.45, 7) is 15.7. The van der Waals surface area contributed by atoms with Gasteiger partial charge >= 0.3 is 0 Å². The van der Waals surface area contributed by atoms with Gasteiger partial charge in [-0.2, -0.15) is 0 Å².